The number of nitrogens with one attached hydrogen (secondary N) is 1. The van der Waals surface area contributed by atoms with Crippen molar-refractivity contribution in [1.29, 1.82) is 0 Å². The zero-order chi connectivity index (χ0) is 10.3. The number of carbonyl (C=O) groups excluding carboxylic acids is 2. The lowest BCUT2D eigenvalue weighted by atomic mass is 9.95. The van der Waals surface area contributed by atoms with Gasteiger partial charge in [0.05, 0.1) is 0 Å². The van der Waals surface area contributed by atoms with Gasteiger partial charge in [0.25, 0.3) is 0 Å². The number of nitrogens with zero attached hydrogens (tertiary/aromatic N) is 1. The first-order valence-corrected chi connectivity index (χ1v) is 4.42. The molecule has 0 aromatic heterocycles. The highest BCUT2D eigenvalue weighted by Crippen LogP contribution is 2.36. The topological polar surface area (TPSA) is 86.7 Å². The molecule has 1 atom stereocenters. The molecule has 0 bridgehead atoms. The number of rotatable bonds is 0. The minimum Gasteiger partial charge on any atom is -0.465 e. The van der Waals surface area contributed by atoms with Gasteiger partial charge in [0.15, 0.2) is 0 Å². The summed E-state index contributed by atoms with van der Waals surface area (Å²) < 4.78 is 0. The van der Waals surface area contributed by atoms with E-state index in [0.29, 0.717) is 24.3 Å². The monoisotopic (exact) mass is 198 g/mol. The zero-order valence-electron chi connectivity index (χ0n) is 7.45. The van der Waals surface area contributed by atoms with Crippen LogP contribution in [0.2, 0.25) is 0 Å². The van der Waals surface area contributed by atoms with Gasteiger partial charge in [-0.3, -0.25) is 9.59 Å². The number of carbonyl (C=O) groups is 3. The van der Waals surface area contributed by atoms with Crippen molar-refractivity contribution in [2.24, 2.45) is 0 Å². The molecule has 2 fully saturated rings. The van der Waals surface area contributed by atoms with Gasteiger partial charge in [0.1, 0.15) is 5.54 Å². The molecular weight excluding hydrogens is 188 g/mol. The summed E-state index contributed by atoms with van der Waals surface area (Å²) in [5, 5.41) is 11.4. The third-order valence-electron chi connectivity index (χ3n) is 2.87. The lowest BCUT2D eigenvalue weighted by Gasteiger charge is -2.27. The Kier molecular flexibility index (Phi) is 1.73. The van der Waals surface area contributed by atoms with Gasteiger partial charge in [0, 0.05) is 13.0 Å². The van der Waals surface area contributed by atoms with Crippen LogP contribution in [0.3, 0.4) is 0 Å². The third-order valence-corrected chi connectivity index (χ3v) is 2.87. The molecule has 2 N–H and O–H groups in total. The fraction of sp³-hybridized carbons (Fsp3) is 0.625. The van der Waals surface area contributed by atoms with E-state index in [1.54, 1.807) is 0 Å². The zero-order valence-corrected chi connectivity index (χ0v) is 7.45. The highest BCUT2D eigenvalue weighted by atomic mass is 16.4. The number of hydrogen-bond donors (Lipinski definition) is 2. The molecule has 0 aliphatic carbocycles. The van der Waals surface area contributed by atoms with Crippen molar-refractivity contribution in [3.8, 4) is 0 Å². The SMILES string of the molecule is O=C(O)N1C(=O)CCC12CCNC2=O. The molecule has 2 rings (SSSR count). The molecule has 1 spiro atoms. The Bertz CT molecular complexity index is 327. The summed E-state index contributed by atoms with van der Waals surface area (Å²) in [6.45, 7) is 0.440. The summed E-state index contributed by atoms with van der Waals surface area (Å²) in [5.41, 5.74) is -1.11. The van der Waals surface area contributed by atoms with Crippen LogP contribution in [0.4, 0.5) is 4.79 Å². The molecule has 0 radical (unpaired) electrons. The number of amides is 3. The van der Waals surface area contributed by atoms with E-state index in [-0.39, 0.29) is 12.3 Å². The summed E-state index contributed by atoms with van der Waals surface area (Å²) >= 11 is 0. The minimum absolute atomic E-state index is 0.139. The van der Waals surface area contributed by atoms with Crippen LogP contribution in [0.15, 0.2) is 0 Å². The summed E-state index contributed by atoms with van der Waals surface area (Å²) in [5.74, 6) is -0.819. The Morgan fingerprint density at radius 3 is 2.64 bits per heavy atom. The van der Waals surface area contributed by atoms with Crippen molar-refractivity contribution in [3.63, 3.8) is 0 Å². The van der Waals surface area contributed by atoms with Gasteiger partial charge in [-0.25, -0.2) is 9.69 Å². The molecule has 2 saturated heterocycles. The molecule has 6 heteroatoms. The standard InChI is InChI=1S/C8H10N2O4/c11-5-1-2-8(10(5)7(13)14)3-4-9-6(8)12/h1-4H2,(H,9,12)(H,13,14). The predicted octanol–water partition coefficient (Wildman–Crippen LogP) is -0.455. The van der Waals surface area contributed by atoms with Crippen molar-refractivity contribution >= 4 is 17.9 Å². The van der Waals surface area contributed by atoms with E-state index in [4.69, 9.17) is 5.11 Å². The second-order valence-electron chi connectivity index (χ2n) is 3.55. The van der Waals surface area contributed by atoms with Crippen molar-refractivity contribution < 1.29 is 19.5 Å². The smallest absolute Gasteiger partial charge is 0.415 e. The minimum atomic E-state index is -1.33. The van der Waals surface area contributed by atoms with E-state index in [2.05, 4.69) is 5.32 Å². The van der Waals surface area contributed by atoms with Gasteiger partial charge >= 0.3 is 6.09 Å². The Balaban J connectivity index is 2.39. The van der Waals surface area contributed by atoms with E-state index in [1.807, 2.05) is 0 Å². The van der Waals surface area contributed by atoms with Crippen molar-refractivity contribution in [2.75, 3.05) is 6.54 Å². The van der Waals surface area contributed by atoms with Crippen LogP contribution in [0.25, 0.3) is 0 Å². The van der Waals surface area contributed by atoms with E-state index in [0.717, 1.165) is 0 Å². The van der Waals surface area contributed by atoms with Crippen molar-refractivity contribution in [2.45, 2.75) is 24.8 Å². The maximum absolute atomic E-state index is 11.5. The van der Waals surface area contributed by atoms with E-state index < -0.39 is 17.5 Å². The molecule has 1 unspecified atom stereocenters. The van der Waals surface area contributed by atoms with Crippen LogP contribution in [0.1, 0.15) is 19.3 Å². The van der Waals surface area contributed by atoms with Crippen LogP contribution in [-0.4, -0.2) is 40.0 Å². The molecule has 14 heavy (non-hydrogen) atoms. The molecule has 3 amide bonds. The summed E-state index contributed by atoms with van der Waals surface area (Å²) in [4.78, 5) is 34.3. The van der Waals surface area contributed by atoms with Crippen molar-refractivity contribution in [3.05, 3.63) is 0 Å². The van der Waals surface area contributed by atoms with Crippen LogP contribution in [0, 0.1) is 0 Å². The molecule has 0 saturated carbocycles. The summed E-state index contributed by atoms with van der Waals surface area (Å²) in [6, 6.07) is 0. The molecule has 76 valence electrons. The van der Waals surface area contributed by atoms with Crippen molar-refractivity contribution in [1.82, 2.24) is 10.2 Å². The van der Waals surface area contributed by atoms with Crippen LogP contribution >= 0.6 is 0 Å². The number of imide groups is 1. The highest BCUT2D eigenvalue weighted by molar-refractivity contribution is 6.03. The first-order chi connectivity index (χ1) is 6.58. The fourth-order valence-electron chi connectivity index (χ4n) is 2.18. The number of hydrogen-bond acceptors (Lipinski definition) is 3. The first-order valence-electron chi connectivity index (χ1n) is 4.42. The largest absolute Gasteiger partial charge is 0.465 e. The maximum Gasteiger partial charge on any atom is 0.415 e. The van der Waals surface area contributed by atoms with Gasteiger partial charge in [-0.1, -0.05) is 0 Å². The van der Waals surface area contributed by atoms with E-state index in [9.17, 15) is 14.4 Å². The summed E-state index contributed by atoms with van der Waals surface area (Å²) in [6.07, 6.45) is -0.488. The van der Waals surface area contributed by atoms with Gasteiger partial charge in [0.2, 0.25) is 11.8 Å². The molecule has 2 aliphatic heterocycles. The second-order valence-corrected chi connectivity index (χ2v) is 3.55. The Morgan fingerprint density at radius 1 is 1.43 bits per heavy atom. The molecule has 2 aliphatic rings. The lowest BCUT2D eigenvalue weighted by molar-refractivity contribution is -0.136. The lowest BCUT2D eigenvalue weighted by Crippen LogP contribution is -2.53. The van der Waals surface area contributed by atoms with Gasteiger partial charge in [-0.15, -0.1) is 0 Å². The normalized spacial score (nSPS) is 31.3. The molecular formula is C8H10N2O4. The Hall–Kier alpha value is -1.59. The molecule has 0 aromatic carbocycles. The average molecular weight is 198 g/mol. The average Bonchev–Trinajstić information content (AvgIpc) is 2.60. The number of carboxylic acid groups (broad SMARTS) is 1. The van der Waals surface area contributed by atoms with Gasteiger partial charge < -0.3 is 10.4 Å². The molecule has 2 heterocycles. The quantitative estimate of drug-likeness (QED) is 0.551. The Morgan fingerprint density at radius 2 is 2.14 bits per heavy atom. The maximum atomic E-state index is 11.5. The van der Waals surface area contributed by atoms with Gasteiger partial charge in [-0.2, -0.15) is 0 Å². The van der Waals surface area contributed by atoms with E-state index in [1.165, 1.54) is 0 Å². The predicted molar refractivity (Wildman–Crippen MR) is 44.5 cm³/mol. The van der Waals surface area contributed by atoms with Gasteiger partial charge in [-0.05, 0) is 12.8 Å². The Labute approximate surface area is 79.9 Å². The van der Waals surface area contributed by atoms with Crippen LogP contribution in [0.5, 0.6) is 0 Å². The number of likely N-dealkylation sites (tertiary alicyclic amines) is 1. The van der Waals surface area contributed by atoms with Crippen LogP contribution < -0.4 is 5.32 Å². The summed E-state index contributed by atoms with van der Waals surface area (Å²) in [7, 11) is 0. The first kappa shape index (κ1) is 8.98. The molecule has 6 nitrogen and oxygen atoms in total. The molecule has 0 aromatic rings. The van der Waals surface area contributed by atoms with E-state index >= 15 is 0 Å². The third kappa shape index (κ3) is 0.934. The highest BCUT2D eigenvalue weighted by Gasteiger charge is 2.56. The second kappa shape index (κ2) is 2.70. The van der Waals surface area contributed by atoms with Crippen LogP contribution in [-0.2, 0) is 9.59 Å². The fourth-order valence-corrected chi connectivity index (χ4v) is 2.18.